The molecule has 0 unspecified atom stereocenters. The molecule has 0 spiro atoms. The van der Waals surface area contributed by atoms with E-state index in [0.717, 1.165) is 28.4 Å². The van der Waals surface area contributed by atoms with Crippen LogP contribution in [0.2, 0.25) is 0 Å². The van der Waals surface area contributed by atoms with E-state index in [-0.39, 0.29) is 6.61 Å². The zero-order chi connectivity index (χ0) is 21.5. The van der Waals surface area contributed by atoms with Crippen molar-refractivity contribution in [3.05, 3.63) is 71.3 Å². The number of hydrogen-bond donors (Lipinski definition) is 3. The van der Waals surface area contributed by atoms with E-state index in [1.54, 1.807) is 25.4 Å². The van der Waals surface area contributed by atoms with Gasteiger partial charge in [0, 0.05) is 24.1 Å². The normalized spacial score (nSPS) is 11.7. The van der Waals surface area contributed by atoms with Crippen LogP contribution in [-0.2, 0) is 0 Å². The zero-order valence-electron chi connectivity index (χ0n) is 17.3. The van der Waals surface area contributed by atoms with Gasteiger partial charge >= 0.3 is 0 Å². The van der Waals surface area contributed by atoms with Gasteiger partial charge in [-0.15, -0.1) is 0 Å². The second-order valence-corrected chi connectivity index (χ2v) is 6.64. The number of hydrogen-bond acceptors (Lipinski definition) is 5. The molecule has 154 valence electrons. The number of aliphatic hydroxyl groups excluding tert-OH is 1. The number of H-pyrrole nitrogens is 1. The lowest BCUT2D eigenvalue weighted by atomic mass is 10.2. The molecule has 0 bridgehead atoms. The topological polar surface area (TPSA) is 94.9 Å². The SMILES string of the molecule is C=Nc1cc(/C=C/CO)[nH]c1C(=NC)Nc1ccc(Oc2ccc(C)nc2)c(C)c1. The van der Waals surface area contributed by atoms with Crippen molar-refractivity contribution in [2.24, 2.45) is 9.98 Å². The van der Waals surface area contributed by atoms with E-state index in [0.29, 0.717) is 23.0 Å². The van der Waals surface area contributed by atoms with Gasteiger partial charge < -0.3 is 20.1 Å². The number of pyridine rings is 1. The number of nitrogens with zero attached hydrogens (tertiary/aromatic N) is 3. The van der Waals surface area contributed by atoms with E-state index in [4.69, 9.17) is 9.84 Å². The number of benzene rings is 1. The van der Waals surface area contributed by atoms with Crippen molar-refractivity contribution >= 4 is 30.0 Å². The second-order valence-electron chi connectivity index (χ2n) is 6.64. The lowest BCUT2D eigenvalue weighted by molar-refractivity contribution is 0.343. The summed E-state index contributed by atoms with van der Waals surface area (Å²) in [7, 11) is 1.70. The molecule has 0 aliphatic rings. The average Bonchev–Trinajstić information content (AvgIpc) is 3.17. The number of nitrogens with one attached hydrogen (secondary N) is 2. The first-order valence-electron chi connectivity index (χ1n) is 9.46. The summed E-state index contributed by atoms with van der Waals surface area (Å²) in [6, 6.07) is 11.5. The van der Waals surface area contributed by atoms with Gasteiger partial charge in [0.15, 0.2) is 5.84 Å². The standard InChI is InChI=1S/C23H25N5O2/c1-15-12-18(8-10-21(15)30-19-9-7-16(2)26-14-19)28-23(25-4)22-20(24-3)13-17(27-22)6-5-11-29/h5-10,12-14,27,29H,3,11H2,1-2,4H3,(H,25,28)/b6-5+. The smallest absolute Gasteiger partial charge is 0.151 e. The summed E-state index contributed by atoms with van der Waals surface area (Å²) in [6.07, 6.45) is 5.13. The summed E-state index contributed by atoms with van der Waals surface area (Å²) >= 11 is 0. The number of aromatic nitrogens is 2. The Bertz CT molecular complexity index is 1080. The molecule has 3 aromatic rings. The van der Waals surface area contributed by atoms with Crippen molar-refractivity contribution in [2.75, 3.05) is 19.0 Å². The van der Waals surface area contributed by atoms with E-state index in [9.17, 15) is 0 Å². The van der Waals surface area contributed by atoms with Gasteiger partial charge in [0.25, 0.3) is 0 Å². The van der Waals surface area contributed by atoms with Crippen LogP contribution in [0, 0.1) is 13.8 Å². The number of ether oxygens (including phenoxy) is 1. The van der Waals surface area contributed by atoms with Crippen LogP contribution < -0.4 is 10.1 Å². The zero-order valence-corrected chi connectivity index (χ0v) is 17.3. The number of amidine groups is 1. The molecule has 3 rings (SSSR count). The number of aromatic amines is 1. The molecule has 1 aromatic carbocycles. The van der Waals surface area contributed by atoms with Crippen molar-refractivity contribution in [2.45, 2.75) is 13.8 Å². The Labute approximate surface area is 175 Å². The van der Waals surface area contributed by atoms with Crippen molar-refractivity contribution in [3.63, 3.8) is 0 Å². The molecule has 0 saturated heterocycles. The Morgan fingerprint density at radius 2 is 2.10 bits per heavy atom. The summed E-state index contributed by atoms with van der Waals surface area (Å²) in [4.78, 5) is 15.9. The highest BCUT2D eigenvalue weighted by molar-refractivity contribution is 6.10. The minimum absolute atomic E-state index is 0.0372. The van der Waals surface area contributed by atoms with Crippen LogP contribution in [0.25, 0.3) is 6.08 Å². The van der Waals surface area contributed by atoms with Crippen LogP contribution >= 0.6 is 0 Å². The molecule has 7 nitrogen and oxygen atoms in total. The molecule has 0 fully saturated rings. The first-order valence-corrected chi connectivity index (χ1v) is 9.46. The van der Waals surface area contributed by atoms with Crippen molar-refractivity contribution in [1.82, 2.24) is 9.97 Å². The van der Waals surface area contributed by atoms with Gasteiger partial charge in [0.05, 0.1) is 18.5 Å². The highest BCUT2D eigenvalue weighted by Gasteiger charge is 2.13. The van der Waals surface area contributed by atoms with Crippen LogP contribution in [0.3, 0.4) is 0 Å². The minimum atomic E-state index is -0.0372. The number of aryl methyl sites for hydroxylation is 2. The van der Waals surface area contributed by atoms with Crippen LogP contribution in [-0.4, -0.2) is 41.3 Å². The summed E-state index contributed by atoms with van der Waals surface area (Å²) in [6.45, 7) is 7.51. The molecule has 0 aliphatic carbocycles. The van der Waals surface area contributed by atoms with Crippen LogP contribution in [0.4, 0.5) is 11.4 Å². The third-order valence-electron chi connectivity index (χ3n) is 4.40. The number of anilines is 1. The van der Waals surface area contributed by atoms with Gasteiger partial charge in [-0.2, -0.15) is 0 Å². The summed E-state index contributed by atoms with van der Waals surface area (Å²) in [5, 5.41) is 12.3. The second kappa shape index (κ2) is 9.67. The maximum atomic E-state index is 8.98. The fourth-order valence-corrected chi connectivity index (χ4v) is 2.89. The van der Waals surface area contributed by atoms with Crippen molar-refractivity contribution in [3.8, 4) is 11.5 Å². The van der Waals surface area contributed by atoms with Crippen LogP contribution in [0.5, 0.6) is 11.5 Å². The fourth-order valence-electron chi connectivity index (χ4n) is 2.89. The molecule has 7 heteroatoms. The maximum absolute atomic E-state index is 8.98. The quantitative estimate of drug-likeness (QED) is 0.395. The molecule has 3 N–H and O–H groups in total. The van der Waals surface area contributed by atoms with Crippen LogP contribution in [0.15, 0.2) is 58.7 Å². The predicted molar refractivity (Wildman–Crippen MR) is 122 cm³/mol. The molecule has 0 amide bonds. The molecule has 0 radical (unpaired) electrons. The predicted octanol–water partition coefficient (Wildman–Crippen LogP) is 4.64. The molecule has 0 aliphatic heterocycles. The van der Waals surface area contributed by atoms with Crippen molar-refractivity contribution < 1.29 is 9.84 Å². The number of aliphatic imine (C=N–C) groups is 2. The van der Waals surface area contributed by atoms with Gasteiger partial charge in [-0.05, 0) is 68.6 Å². The van der Waals surface area contributed by atoms with Crippen LogP contribution in [0.1, 0.15) is 22.6 Å². The summed E-state index contributed by atoms with van der Waals surface area (Å²) in [5.41, 5.74) is 4.96. The fraction of sp³-hybridized carbons (Fsp3) is 0.174. The Kier molecular flexibility index (Phi) is 6.77. The van der Waals surface area contributed by atoms with E-state index in [1.807, 2.05) is 50.2 Å². The highest BCUT2D eigenvalue weighted by Crippen LogP contribution is 2.28. The Balaban J connectivity index is 1.80. The highest BCUT2D eigenvalue weighted by atomic mass is 16.5. The lowest BCUT2D eigenvalue weighted by Crippen LogP contribution is -2.14. The van der Waals surface area contributed by atoms with Crippen molar-refractivity contribution in [1.29, 1.82) is 0 Å². The Morgan fingerprint density at radius 1 is 1.27 bits per heavy atom. The maximum Gasteiger partial charge on any atom is 0.151 e. The minimum Gasteiger partial charge on any atom is -0.455 e. The van der Waals surface area contributed by atoms with Gasteiger partial charge in [0.2, 0.25) is 0 Å². The molecule has 2 aromatic heterocycles. The largest absolute Gasteiger partial charge is 0.455 e. The molecule has 0 atom stereocenters. The van der Waals surface area contributed by atoms with E-state index in [1.165, 1.54) is 0 Å². The van der Waals surface area contributed by atoms with Gasteiger partial charge in [-0.3, -0.25) is 15.0 Å². The number of aliphatic hydroxyl groups is 1. The van der Waals surface area contributed by atoms with Gasteiger partial charge in [0.1, 0.15) is 17.2 Å². The average molecular weight is 403 g/mol. The van der Waals surface area contributed by atoms with E-state index in [2.05, 4.69) is 32.0 Å². The molecule has 30 heavy (non-hydrogen) atoms. The third-order valence-corrected chi connectivity index (χ3v) is 4.40. The Hall–Kier alpha value is -3.71. The monoisotopic (exact) mass is 403 g/mol. The number of rotatable bonds is 7. The molecular formula is C23H25N5O2. The molecule has 2 heterocycles. The van der Waals surface area contributed by atoms with Gasteiger partial charge in [-0.1, -0.05) is 6.08 Å². The summed E-state index contributed by atoms with van der Waals surface area (Å²) in [5.74, 6) is 2.07. The van der Waals surface area contributed by atoms with Gasteiger partial charge in [-0.25, -0.2) is 0 Å². The van der Waals surface area contributed by atoms with E-state index >= 15 is 0 Å². The molecule has 0 saturated carbocycles. The Morgan fingerprint density at radius 3 is 2.73 bits per heavy atom. The molecular weight excluding hydrogens is 378 g/mol. The van der Waals surface area contributed by atoms with E-state index < -0.39 is 0 Å². The lowest BCUT2D eigenvalue weighted by Gasteiger charge is -2.13. The first-order chi connectivity index (χ1) is 14.5. The third kappa shape index (κ3) is 5.01. The first kappa shape index (κ1) is 21.0. The summed E-state index contributed by atoms with van der Waals surface area (Å²) < 4.78 is 5.93.